The molecule has 3 rings (SSSR count). The fourth-order valence-electron chi connectivity index (χ4n) is 2.10. The molecule has 0 bridgehead atoms. The quantitative estimate of drug-likeness (QED) is 0.642. The summed E-state index contributed by atoms with van der Waals surface area (Å²) >= 11 is 1.75. The predicted molar refractivity (Wildman–Crippen MR) is 77.6 cm³/mol. The van der Waals surface area contributed by atoms with E-state index in [0.29, 0.717) is 0 Å². The molecule has 1 aromatic heterocycles. The van der Waals surface area contributed by atoms with Gasteiger partial charge in [-0.05, 0) is 42.2 Å². The Labute approximate surface area is 111 Å². The molecule has 0 fully saturated rings. The van der Waals surface area contributed by atoms with Crippen LogP contribution in [0.1, 0.15) is 5.69 Å². The van der Waals surface area contributed by atoms with Gasteiger partial charge in [0.25, 0.3) is 0 Å². The van der Waals surface area contributed by atoms with Crippen molar-refractivity contribution in [3.05, 3.63) is 54.4 Å². The lowest BCUT2D eigenvalue weighted by molar-refractivity contribution is 0.848. The van der Waals surface area contributed by atoms with Gasteiger partial charge in [0.05, 0.1) is 11.4 Å². The molecule has 0 unspecified atom stereocenters. The van der Waals surface area contributed by atoms with Crippen LogP contribution in [-0.4, -0.2) is 16.0 Å². The molecule has 0 saturated heterocycles. The second kappa shape index (κ2) is 4.50. The van der Waals surface area contributed by atoms with Crippen LogP contribution < -0.4 is 0 Å². The van der Waals surface area contributed by atoms with Gasteiger partial charge in [-0.25, -0.2) is 4.68 Å². The molecule has 0 aliphatic rings. The third-order valence-electron chi connectivity index (χ3n) is 3.02. The van der Waals surface area contributed by atoms with Crippen LogP contribution in [0.3, 0.4) is 0 Å². The number of fused-ring (bicyclic) bond motifs is 1. The van der Waals surface area contributed by atoms with Gasteiger partial charge in [0.2, 0.25) is 0 Å². The molecule has 0 saturated carbocycles. The minimum Gasteiger partial charge on any atom is -0.240 e. The van der Waals surface area contributed by atoms with E-state index in [1.807, 2.05) is 23.9 Å². The minimum atomic E-state index is 1.04. The van der Waals surface area contributed by atoms with Crippen LogP contribution in [0.25, 0.3) is 16.5 Å². The monoisotopic (exact) mass is 254 g/mol. The molecule has 3 aromatic rings. The highest BCUT2D eigenvalue weighted by molar-refractivity contribution is 7.98. The van der Waals surface area contributed by atoms with Gasteiger partial charge in [-0.15, -0.1) is 11.8 Å². The van der Waals surface area contributed by atoms with Crippen LogP contribution in [0.15, 0.2) is 53.6 Å². The van der Waals surface area contributed by atoms with E-state index in [9.17, 15) is 0 Å². The minimum absolute atomic E-state index is 1.04. The number of aromatic nitrogens is 2. The fraction of sp³-hybridized carbons (Fsp3) is 0.133. The van der Waals surface area contributed by atoms with Gasteiger partial charge >= 0.3 is 0 Å². The Morgan fingerprint density at radius 3 is 2.39 bits per heavy atom. The molecule has 0 spiro atoms. The summed E-state index contributed by atoms with van der Waals surface area (Å²) in [6, 6.07) is 14.9. The third-order valence-corrected chi connectivity index (χ3v) is 3.78. The molecule has 2 aromatic carbocycles. The van der Waals surface area contributed by atoms with Crippen LogP contribution in [-0.2, 0) is 0 Å². The second-order valence-corrected chi connectivity index (χ2v) is 5.12. The number of rotatable bonds is 2. The van der Waals surface area contributed by atoms with E-state index in [0.717, 1.165) is 11.4 Å². The number of nitrogens with zero attached hydrogens (tertiary/aromatic N) is 2. The number of aryl methyl sites for hydroxylation is 1. The van der Waals surface area contributed by atoms with E-state index in [2.05, 4.69) is 47.8 Å². The molecular formula is C15H14N2S. The van der Waals surface area contributed by atoms with Crippen LogP contribution in [0.2, 0.25) is 0 Å². The van der Waals surface area contributed by atoms with Crippen molar-refractivity contribution in [1.29, 1.82) is 0 Å². The van der Waals surface area contributed by atoms with Crippen molar-refractivity contribution in [2.24, 2.45) is 0 Å². The van der Waals surface area contributed by atoms with Gasteiger partial charge in [-0.1, -0.05) is 24.3 Å². The Hall–Kier alpha value is -1.74. The molecule has 2 nitrogen and oxygen atoms in total. The summed E-state index contributed by atoms with van der Waals surface area (Å²) in [4.78, 5) is 1.25. The van der Waals surface area contributed by atoms with Gasteiger partial charge in [-0.3, -0.25) is 0 Å². The average Bonchev–Trinajstić information content (AvgIpc) is 2.83. The number of hydrogen-bond donors (Lipinski definition) is 0. The summed E-state index contributed by atoms with van der Waals surface area (Å²) in [6.45, 7) is 2.01. The molecular weight excluding hydrogens is 240 g/mol. The molecule has 3 heteroatoms. The summed E-state index contributed by atoms with van der Waals surface area (Å²) in [7, 11) is 0. The number of thioether (sulfide) groups is 1. The fourth-order valence-corrected chi connectivity index (χ4v) is 2.71. The first-order valence-corrected chi connectivity index (χ1v) is 7.10. The van der Waals surface area contributed by atoms with Crippen LogP contribution >= 0.6 is 11.8 Å². The Morgan fingerprint density at radius 1 is 1.06 bits per heavy atom. The Balaban J connectivity index is 2.26. The molecule has 0 atom stereocenters. The van der Waals surface area contributed by atoms with E-state index in [1.165, 1.54) is 15.7 Å². The molecule has 0 aliphatic carbocycles. The first-order valence-electron chi connectivity index (χ1n) is 5.87. The Bertz CT molecular complexity index is 701. The van der Waals surface area contributed by atoms with E-state index in [1.54, 1.807) is 11.8 Å². The van der Waals surface area contributed by atoms with Gasteiger partial charge in [-0.2, -0.15) is 5.10 Å². The van der Waals surface area contributed by atoms with Gasteiger partial charge < -0.3 is 0 Å². The van der Waals surface area contributed by atoms with E-state index in [-0.39, 0.29) is 0 Å². The normalized spacial score (nSPS) is 11.0. The van der Waals surface area contributed by atoms with Crippen LogP contribution in [0.5, 0.6) is 0 Å². The highest BCUT2D eigenvalue weighted by Gasteiger charge is 2.07. The second-order valence-electron chi connectivity index (χ2n) is 4.27. The van der Waals surface area contributed by atoms with Crippen molar-refractivity contribution < 1.29 is 0 Å². The van der Waals surface area contributed by atoms with Crippen molar-refractivity contribution in [1.82, 2.24) is 9.78 Å². The predicted octanol–water partition coefficient (Wildman–Crippen LogP) is 4.06. The maximum atomic E-state index is 4.50. The van der Waals surface area contributed by atoms with Crippen molar-refractivity contribution >= 4 is 22.5 Å². The highest BCUT2D eigenvalue weighted by atomic mass is 32.2. The topological polar surface area (TPSA) is 17.8 Å². The maximum Gasteiger partial charge on any atom is 0.0787 e. The molecule has 0 aliphatic heterocycles. The third kappa shape index (κ3) is 1.91. The maximum absolute atomic E-state index is 4.50. The molecule has 1 heterocycles. The number of hydrogen-bond acceptors (Lipinski definition) is 2. The molecule has 90 valence electrons. The molecule has 18 heavy (non-hydrogen) atoms. The SMILES string of the molecule is CSc1cc2ccccc2cc1-n1ccc(C)n1. The number of benzene rings is 2. The summed E-state index contributed by atoms with van der Waals surface area (Å²) in [5.41, 5.74) is 2.18. The van der Waals surface area contributed by atoms with Crippen molar-refractivity contribution in [3.63, 3.8) is 0 Å². The summed E-state index contributed by atoms with van der Waals surface area (Å²) < 4.78 is 1.95. The van der Waals surface area contributed by atoms with Crippen LogP contribution in [0.4, 0.5) is 0 Å². The summed E-state index contributed by atoms with van der Waals surface area (Å²) in [5.74, 6) is 0. The first-order chi connectivity index (χ1) is 8.78. The van der Waals surface area contributed by atoms with Crippen molar-refractivity contribution in [3.8, 4) is 5.69 Å². The first kappa shape index (κ1) is 11.4. The lowest BCUT2D eigenvalue weighted by Crippen LogP contribution is -1.97. The molecule has 0 N–H and O–H groups in total. The lowest BCUT2D eigenvalue weighted by atomic mass is 10.1. The molecule has 0 amide bonds. The van der Waals surface area contributed by atoms with Gasteiger partial charge in [0.15, 0.2) is 0 Å². The smallest absolute Gasteiger partial charge is 0.0787 e. The zero-order valence-corrected chi connectivity index (χ0v) is 11.2. The van der Waals surface area contributed by atoms with Crippen LogP contribution in [0, 0.1) is 6.92 Å². The highest BCUT2D eigenvalue weighted by Crippen LogP contribution is 2.29. The van der Waals surface area contributed by atoms with E-state index in [4.69, 9.17) is 0 Å². The summed E-state index contributed by atoms with van der Waals surface area (Å²) in [6.07, 6.45) is 4.11. The zero-order valence-electron chi connectivity index (χ0n) is 10.4. The lowest BCUT2D eigenvalue weighted by Gasteiger charge is -2.09. The van der Waals surface area contributed by atoms with Crippen molar-refractivity contribution in [2.45, 2.75) is 11.8 Å². The van der Waals surface area contributed by atoms with E-state index >= 15 is 0 Å². The zero-order chi connectivity index (χ0) is 12.5. The Morgan fingerprint density at radius 2 is 1.78 bits per heavy atom. The largest absolute Gasteiger partial charge is 0.240 e. The van der Waals surface area contributed by atoms with Crippen molar-refractivity contribution in [2.75, 3.05) is 6.26 Å². The summed E-state index contributed by atoms with van der Waals surface area (Å²) in [5, 5.41) is 7.02. The van der Waals surface area contributed by atoms with Gasteiger partial charge in [0.1, 0.15) is 0 Å². The standard InChI is InChI=1S/C15H14N2S/c1-11-7-8-17(16-11)14-9-12-5-3-4-6-13(12)10-15(14)18-2/h3-10H,1-2H3. The van der Waals surface area contributed by atoms with Gasteiger partial charge in [0, 0.05) is 11.1 Å². The molecule has 0 radical (unpaired) electrons. The Kier molecular flexibility index (Phi) is 2.84. The average molecular weight is 254 g/mol. The van der Waals surface area contributed by atoms with E-state index < -0.39 is 0 Å².